The van der Waals surface area contributed by atoms with Crippen LogP contribution < -0.4 is 0 Å². The molecule has 0 radical (unpaired) electrons. The molecule has 4 aliphatic carbocycles. The van der Waals surface area contributed by atoms with E-state index in [9.17, 15) is 26.4 Å². The highest BCUT2D eigenvalue weighted by molar-refractivity contribution is 7.85. The second-order valence-corrected chi connectivity index (χ2v) is 8.43. The van der Waals surface area contributed by atoms with Crippen molar-refractivity contribution in [3.8, 4) is 0 Å². The smallest absolute Gasteiger partial charge is 0.426 e. The topological polar surface area (TPSA) is 80.7 Å². The molecule has 3 unspecified atom stereocenters. The SMILES string of the molecule is O=C(OC(CS(=O)(=O)O)C(F)(F)F)C12CC3CC(C1)C(C3)C2. The van der Waals surface area contributed by atoms with Crippen LogP contribution >= 0.6 is 0 Å². The van der Waals surface area contributed by atoms with Crippen molar-refractivity contribution in [2.45, 2.75) is 44.4 Å². The summed E-state index contributed by atoms with van der Waals surface area (Å²) >= 11 is 0. The van der Waals surface area contributed by atoms with Gasteiger partial charge in [0.25, 0.3) is 10.1 Å². The van der Waals surface area contributed by atoms with Crippen LogP contribution in [0.25, 0.3) is 0 Å². The first kappa shape index (κ1) is 16.0. The van der Waals surface area contributed by atoms with Crippen LogP contribution in [0, 0.1) is 23.2 Å². The first-order valence-corrected chi connectivity index (χ1v) is 8.82. The fourth-order valence-corrected chi connectivity index (χ4v) is 5.34. The minimum Gasteiger partial charge on any atom is -0.451 e. The molecule has 4 saturated carbocycles. The van der Waals surface area contributed by atoms with Gasteiger partial charge in [0.1, 0.15) is 5.75 Å². The second-order valence-electron chi connectivity index (χ2n) is 6.93. The van der Waals surface area contributed by atoms with Crippen LogP contribution in [0.3, 0.4) is 0 Å². The lowest BCUT2D eigenvalue weighted by atomic mass is 9.69. The average molecular weight is 342 g/mol. The van der Waals surface area contributed by atoms with Crippen molar-refractivity contribution in [1.29, 1.82) is 0 Å². The zero-order valence-corrected chi connectivity index (χ0v) is 12.5. The zero-order chi connectivity index (χ0) is 16.3. The molecule has 9 heteroatoms. The molecule has 22 heavy (non-hydrogen) atoms. The molecule has 5 nitrogen and oxygen atoms in total. The molecule has 0 saturated heterocycles. The van der Waals surface area contributed by atoms with Gasteiger partial charge in [0.05, 0.1) is 5.41 Å². The number of halogens is 3. The lowest BCUT2D eigenvalue weighted by Crippen LogP contribution is -2.45. The highest BCUT2D eigenvalue weighted by Gasteiger charge is 2.61. The molecular formula is C13H17F3O5S. The Morgan fingerprint density at radius 1 is 1.23 bits per heavy atom. The molecule has 0 aromatic carbocycles. The van der Waals surface area contributed by atoms with Gasteiger partial charge in [-0.15, -0.1) is 0 Å². The number of rotatable bonds is 4. The first-order valence-electron chi connectivity index (χ1n) is 7.21. The second kappa shape index (κ2) is 4.83. The molecule has 0 aliphatic heterocycles. The Labute approximate surface area is 126 Å². The highest BCUT2D eigenvalue weighted by Crippen LogP contribution is 2.64. The van der Waals surface area contributed by atoms with E-state index in [2.05, 4.69) is 4.74 Å². The van der Waals surface area contributed by atoms with Gasteiger partial charge < -0.3 is 4.74 Å². The van der Waals surface area contributed by atoms with Crippen molar-refractivity contribution >= 4 is 16.1 Å². The Morgan fingerprint density at radius 3 is 2.18 bits per heavy atom. The van der Waals surface area contributed by atoms with E-state index in [0.717, 1.165) is 12.8 Å². The van der Waals surface area contributed by atoms with E-state index in [-0.39, 0.29) is 0 Å². The predicted octanol–water partition coefficient (Wildman–Crippen LogP) is 2.17. The number of hydrogen-bond donors (Lipinski definition) is 1. The number of ether oxygens (including phenoxy) is 1. The van der Waals surface area contributed by atoms with Crippen molar-refractivity contribution in [2.24, 2.45) is 23.2 Å². The van der Waals surface area contributed by atoms with Crippen LogP contribution in [0.4, 0.5) is 13.2 Å². The standard InChI is InChI=1S/C13H17F3O5S/c14-13(15,16)10(6-22(18,19)20)21-11(17)12-3-7-1-8(4-12)9(2-7)5-12/h7-10H,1-6H2,(H,18,19,20). The Morgan fingerprint density at radius 2 is 1.77 bits per heavy atom. The van der Waals surface area contributed by atoms with Crippen molar-refractivity contribution in [1.82, 2.24) is 0 Å². The van der Waals surface area contributed by atoms with Crippen molar-refractivity contribution in [3.05, 3.63) is 0 Å². The molecule has 4 aliphatic rings. The minimum absolute atomic E-state index is 0.357. The van der Waals surface area contributed by atoms with Crippen molar-refractivity contribution in [3.63, 3.8) is 0 Å². The van der Waals surface area contributed by atoms with E-state index in [1.54, 1.807) is 0 Å². The Balaban J connectivity index is 1.75. The molecule has 4 rings (SSSR count). The lowest BCUT2D eigenvalue weighted by molar-refractivity contribution is -0.222. The van der Waals surface area contributed by atoms with E-state index in [1.165, 1.54) is 0 Å². The molecular weight excluding hydrogens is 325 g/mol. The van der Waals surface area contributed by atoms with Gasteiger partial charge in [0, 0.05) is 0 Å². The Hall–Kier alpha value is -0.830. The minimum atomic E-state index is -5.03. The predicted molar refractivity (Wildman–Crippen MR) is 68.3 cm³/mol. The third kappa shape index (κ3) is 2.84. The van der Waals surface area contributed by atoms with Crippen LogP contribution in [0.5, 0.6) is 0 Å². The van der Waals surface area contributed by atoms with E-state index < -0.39 is 39.5 Å². The van der Waals surface area contributed by atoms with Gasteiger partial charge in [-0.25, -0.2) is 0 Å². The third-order valence-electron chi connectivity index (χ3n) is 5.33. The van der Waals surface area contributed by atoms with Crippen LogP contribution in [-0.4, -0.2) is 37.0 Å². The quantitative estimate of drug-likeness (QED) is 0.626. The summed E-state index contributed by atoms with van der Waals surface area (Å²) in [5.74, 6) is -1.52. The zero-order valence-electron chi connectivity index (χ0n) is 11.7. The summed E-state index contributed by atoms with van der Waals surface area (Å²) in [4.78, 5) is 12.3. The fraction of sp³-hybridized carbons (Fsp3) is 0.923. The molecule has 1 N–H and O–H groups in total. The summed E-state index contributed by atoms with van der Waals surface area (Å²) in [5, 5.41) is 0. The average Bonchev–Trinajstić information content (AvgIpc) is 2.74. The number of hydrogen-bond acceptors (Lipinski definition) is 4. The maximum absolute atomic E-state index is 12.8. The summed E-state index contributed by atoms with van der Waals surface area (Å²) < 4.78 is 73.2. The van der Waals surface area contributed by atoms with Crippen molar-refractivity contribution in [2.75, 3.05) is 5.75 Å². The molecule has 3 atom stereocenters. The van der Waals surface area contributed by atoms with E-state index >= 15 is 0 Å². The molecule has 4 bridgehead atoms. The van der Waals surface area contributed by atoms with Crippen LogP contribution in [0.15, 0.2) is 0 Å². The molecule has 4 fully saturated rings. The van der Waals surface area contributed by atoms with Gasteiger partial charge in [0.15, 0.2) is 0 Å². The van der Waals surface area contributed by atoms with Gasteiger partial charge in [-0.1, -0.05) is 0 Å². The van der Waals surface area contributed by atoms with Crippen molar-refractivity contribution < 1.29 is 35.7 Å². The molecule has 0 amide bonds. The third-order valence-corrected chi connectivity index (χ3v) is 6.06. The Bertz CT molecular complexity index is 565. The van der Waals surface area contributed by atoms with Crippen LogP contribution in [0.2, 0.25) is 0 Å². The number of esters is 1. The summed E-state index contributed by atoms with van der Waals surface area (Å²) in [7, 11) is -4.90. The largest absolute Gasteiger partial charge is 0.451 e. The lowest BCUT2D eigenvalue weighted by Gasteiger charge is -2.37. The van der Waals surface area contributed by atoms with Crippen LogP contribution in [-0.2, 0) is 19.6 Å². The summed E-state index contributed by atoms with van der Waals surface area (Å²) in [6.45, 7) is 0. The van der Waals surface area contributed by atoms with E-state index in [1.807, 2.05) is 0 Å². The molecule has 0 aromatic heterocycles. The normalized spacial score (nSPS) is 38.3. The maximum atomic E-state index is 12.8. The summed E-state index contributed by atoms with van der Waals surface area (Å²) in [6, 6.07) is 0. The van der Waals surface area contributed by atoms with E-state index in [4.69, 9.17) is 4.55 Å². The Kier molecular flexibility index (Phi) is 3.52. The van der Waals surface area contributed by atoms with E-state index in [0.29, 0.717) is 37.0 Å². The number of alkyl halides is 3. The fourth-order valence-electron chi connectivity index (χ4n) is 4.70. The molecule has 0 aromatic rings. The molecule has 0 heterocycles. The summed E-state index contributed by atoms with van der Waals surface area (Å²) in [6.07, 6.45) is -4.22. The van der Waals surface area contributed by atoms with Crippen LogP contribution in [0.1, 0.15) is 32.1 Å². The molecule has 0 spiro atoms. The highest BCUT2D eigenvalue weighted by atomic mass is 32.2. The van der Waals surface area contributed by atoms with Gasteiger partial charge >= 0.3 is 12.1 Å². The number of carbonyl (C=O) groups excluding carboxylic acids is 1. The van der Waals surface area contributed by atoms with Gasteiger partial charge in [0.2, 0.25) is 6.10 Å². The summed E-state index contributed by atoms with van der Waals surface area (Å²) in [5.41, 5.74) is -0.890. The monoisotopic (exact) mass is 342 g/mol. The maximum Gasteiger partial charge on any atom is 0.426 e. The number of carbonyl (C=O) groups is 1. The first-order chi connectivity index (χ1) is 9.98. The van der Waals surface area contributed by atoms with Gasteiger partial charge in [-0.2, -0.15) is 21.6 Å². The van der Waals surface area contributed by atoms with Gasteiger partial charge in [-0.3, -0.25) is 9.35 Å². The van der Waals surface area contributed by atoms with Gasteiger partial charge in [-0.05, 0) is 49.9 Å². The molecule has 126 valence electrons.